The molecule has 0 radical (unpaired) electrons. The summed E-state index contributed by atoms with van der Waals surface area (Å²) in [6.07, 6.45) is 0. The van der Waals surface area contributed by atoms with Crippen LogP contribution in [0.2, 0.25) is 5.02 Å². The second-order valence-corrected chi connectivity index (χ2v) is 3.83. The van der Waals surface area contributed by atoms with Crippen LogP contribution in [-0.2, 0) is 0 Å². The Balaban J connectivity index is 3.17. The molecule has 0 bridgehead atoms. The lowest BCUT2D eigenvalue weighted by Gasteiger charge is -1.99. The molecule has 0 saturated heterocycles. The summed E-state index contributed by atoms with van der Waals surface area (Å²) in [5.41, 5.74) is 5.99. The van der Waals surface area contributed by atoms with Gasteiger partial charge in [0.1, 0.15) is 0 Å². The summed E-state index contributed by atoms with van der Waals surface area (Å²) in [4.78, 5) is 0. The highest BCUT2D eigenvalue weighted by Gasteiger charge is 2.01. The number of amidine groups is 1. The molecule has 0 fully saturated rings. The van der Waals surface area contributed by atoms with Gasteiger partial charge in [-0.15, -0.1) is 0 Å². The third-order valence-electron chi connectivity index (χ3n) is 1.27. The van der Waals surface area contributed by atoms with Crippen molar-refractivity contribution in [3.8, 4) is 0 Å². The number of nitrogens with zero attached hydrogens (tertiary/aromatic N) is 1. The van der Waals surface area contributed by atoms with Crippen molar-refractivity contribution in [2.75, 3.05) is 0 Å². The van der Waals surface area contributed by atoms with Gasteiger partial charge in [-0.1, -0.05) is 16.8 Å². The van der Waals surface area contributed by atoms with Gasteiger partial charge >= 0.3 is 0 Å². The van der Waals surface area contributed by atoms with E-state index in [0.29, 0.717) is 10.6 Å². The molecule has 3 nitrogen and oxygen atoms in total. The maximum atomic E-state index is 8.39. The molecule has 0 aliphatic heterocycles. The number of nitrogens with two attached hydrogens (primary N) is 1. The second kappa shape index (κ2) is 3.95. The van der Waals surface area contributed by atoms with Crippen molar-refractivity contribution in [3.63, 3.8) is 0 Å². The first-order chi connectivity index (χ1) is 5.63. The molecule has 3 N–H and O–H groups in total. The van der Waals surface area contributed by atoms with E-state index in [0.717, 1.165) is 3.57 Å². The molecule has 0 unspecified atom stereocenters. The average molecular weight is 296 g/mol. The highest BCUT2D eigenvalue weighted by Crippen LogP contribution is 2.16. The van der Waals surface area contributed by atoms with Gasteiger partial charge in [0.15, 0.2) is 5.84 Å². The van der Waals surface area contributed by atoms with Crippen LogP contribution in [0.4, 0.5) is 0 Å². The second-order valence-electron chi connectivity index (χ2n) is 2.14. The van der Waals surface area contributed by atoms with Gasteiger partial charge in [0, 0.05) is 14.2 Å². The van der Waals surface area contributed by atoms with Gasteiger partial charge in [-0.25, -0.2) is 0 Å². The normalized spacial score (nSPS) is 11.7. The summed E-state index contributed by atoms with van der Waals surface area (Å²) in [5.74, 6) is 0.0652. The van der Waals surface area contributed by atoms with E-state index in [4.69, 9.17) is 22.5 Å². The largest absolute Gasteiger partial charge is 0.409 e. The quantitative estimate of drug-likeness (QED) is 0.274. The maximum Gasteiger partial charge on any atom is 0.170 e. The Labute approximate surface area is 88.3 Å². The van der Waals surface area contributed by atoms with Gasteiger partial charge in [0.05, 0.1) is 0 Å². The summed E-state index contributed by atoms with van der Waals surface area (Å²) >= 11 is 7.86. The fourth-order valence-electron chi connectivity index (χ4n) is 0.759. The Kier molecular flexibility index (Phi) is 3.16. The first-order valence-corrected chi connectivity index (χ1v) is 4.53. The van der Waals surface area contributed by atoms with E-state index in [2.05, 4.69) is 27.7 Å². The van der Waals surface area contributed by atoms with Gasteiger partial charge in [-0.05, 0) is 40.8 Å². The Morgan fingerprint density at radius 1 is 1.50 bits per heavy atom. The van der Waals surface area contributed by atoms with Crippen molar-refractivity contribution in [2.24, 2.45) is 10.9 Å². The number of hydrogen-bond donors (Lipinski definition) is 2. The lowest BCUT2D eigenvalue weighted by atomic mass is 10.2. The van der Waals surface area contributed by atoms with Crippen molar-refractivity contribution in [2.45, 2.75) is 0 Å². The minimum atomic E-state index is 0.0652. The van der Waals surface area contributed by atoms with Crippen molar-refractivity contribution < 1.29 is 5.21 Å². The first kappa shape index (κ1) is 9.60. The molecule has 5 heteroatoms. The summed E-state index contributed by atoms with van der Waals surface area (Å²) in [5, 5.41) is 11.8. The SMILES string of the molecule is NC(=NO)c1cc(Cl)cc(I)c1. The number of oxime groups is 1. The van der Waals surface area contributed by atoms with E-state index in [9.17, 15) is 0 Å². The Bertz CT molecular complexity index is 307. The van der Waals surface area contributed by atoms with Crippen LogP contribution < -0.4 is 5.73 Å². The zero-order chi connectivity index (χ0) is 9.14. The molecule has 1 aromatic carbocycles. The average Bonchev–Trinajstić information content (AvgIpc) is 2.01. The van der Waals surface area contributed by atoms with E-state index in [1.54, 1.807) is 18.2 Å². The molecule has 12 heavy (non-hydrogen) atoms. The van der Waals surface area contributed by atoms with E-state index < -0.39 is 0 Å². The molecule has 0 aliphatic rings. The fourth-order valence-corrected chi connectivity index (χ4v) is 1.85. The molecule has 0 spiro atoms. The van der Waals surface area contributed by atoms with E-state index >= 15 is 0 Å². The summed E-state index contributed by atoms with van der Waals surface area (Å²) in [6, 6.07) is 5.20. The number of halogens is 2. The van der Waals surface area contributed by atoms with E-state index in [1.165, 1.54) is 0 Å². The summed E-state index contributed by atoms with van der Waals surface area (Å²) < 4.78 is 0.946. The Morgan fingerprint density at radius 3 is 2.67 bits per heavy atom. The highest BCUT2D eigenvalue weighted by atomic mass is 127. The van der Waals surface area contributed by atoms with E-state index in [1.807, 2.05) is 0 Å². The zero-order valence-corrected chi connectivity index (χ0v) is 8.87. The van der Waals surface area contributed by atoms with Crippen molar-refractivity contribution in [1.82, 2.24) is 0 Å². The predicted molar refractivity (Wildman–Crippen MR) is 56.7 cm³/mol. The first-order valence-electron chi connectivity index (χ1n) is 3.07. The molecule has 64 valence electrons. The van der Waals surface area contributed by atoms with Gasteiger partial charge < -0.3 is 10.9 Å². The van der Waals surface area contributed by atoms with Crippen LogP contribution in [-0.4, -0.2) is 11.0 Å². The van der Waals surface area contributed by atoms with Crippen LogP contribution in [0.15, 0.2) is 23.4 Å². The lowest BCUT2D eigenvalue weighted by molar-refractivity contribution is 0.318. The Hall–Kier alpha value is -0.490. The number of rotatable bonds is 1. The van der Waals surface area contributed by atoms with Crippen LogP contribution in [0.25, 0.3) is 0 Å². The molecule has 0 saturated carbocycles. The van der Waals surface area contributed by atoms with Crippen molar-refractivity contribution in [3.05, 3.63) is 32.4 Å². The summed E-state index contributed by atoms with van der Waals surface area (Å²) in [6.45, 7) is 0. The molecular formula is C7H6ClIN2O. The predicted octanol–water partition coefficient (Wildman–Crippen LogP) is 2.04. The topological polar surface area (TPSA) is 58.6 Å². The molecule has 0 heterocycles. The third-order valence-corrected chi connectivity index (χ3v) is 2.11. The van der Waals surface area contributed by atoms with Gasteiger partial charge in [0.25, 0.3) is 0 Å². The van der Waals surface area contributed by atoms with Crippen LogP contribution in [0, 0.1) is 3.57 Å². The van der Waals surface area contributed by atoms with Gasteiger partial charge in [-0.3, -0.25) is 0 Å². The molecule has 0 amide bonds. The fraction of sp³-hybridized carbons (Fsp3) is 0. The highest BCUT2D eigenvalue weighted by molar-refractivity contribution is 14.1. The third kappa shape index (κ3) is 2.25. The molecule has 1 rings (SSSR count). The lowest BCUT2D eigenvalue weighted by Crippen LogP contribution is -2.13. The van der Waals surface area contributed by atoms with Crippen LogP contribution >= 0.6 is 34.2 Å². The van der Waals surface area contributed by atoms with Crippen LogP contribution in [0.3, 0.4) is 0 Å². The molecule has 1 aromatic rings. The standard InChI is InChI=1S/C7H6ClIN2O/c8-5-1-4(7(10)11-12)2-6(9)3-5/h1-3,12H,(H2,10,11). The molecule has 0 aliphatic carbocycles. The van der Waals surface area contributed by atoms with Gasteiger partial charge in [0.2, 0.25) is 0 Å². The Morgan fingerprint density at radius 2 is 2.17 bits per heavy atom. The number of hydrogen-bond acceptors (Lipinski definition) is 2. The van der Waals surface area contributed by atoms with Crippen LogP contribution in [0.1, 0.15) is 5.56 Å². The van der Waals surface area contributed by atoms with Crippen LogP contribution in [0.5, 0.6) is 0 Å². The number of benzene rings is 1. The molecular weight excluding hydrogens is 290 g/mol. The maximum absolute atomic E-state index is 8.39. The molecule has 0 aromatic heterocycles. The minimum absolute atomic E-state index is 0.0652. The summed E-state index contributed by atoms with van der Waals surface area (Å²) in [7, 11) is 0. The van der Waals surface area contributed by atoms with E-state index in [-0.39, 0.29) is 5.84 Å². The zero-order valence-electron chi connectivity index (χ0n) is 5.96. The molecule has 0 atom stereocenters. The van der Waals surface area contributed by atoms with Gasteiger partial charge in [-0.2, -0.15) is 0 Å². The van der Waals surface area contributed by atoms with Crippen molar-refractivity contribution >= 4 is 40.0 Å². The minimum Gasteiger partial charge on any atom is -0.409 e. The smallest absolute Gasteiger partial charge is 0.170 e. The van der Waals surface area contributed by atoms with Crippen molar-refractivity contribution in [1.29, 1.82) is 0 Å². The monoisotopic (exact) mass is 296 g/mol.